The fourth-order valence-corrected chi connectivity index (χ4v) is 5.66. The van der Waals surface area contributed by atoms with Crippen molar-refractivity contribution in [3.8, 4) is 38.8 Å². The topological polar surface area (TPSA) is 40.0 Å². The van der Waals surface area contributed by atoms with Crippen LogP contribution >= 0.6 is 11.3 Å². The van der Waals surface area contributed by atoms with Crippen molar-refractivity contribution in [3.63, 3.8) is 0 Å². The second-order valence-electron chi connectivity index (χ2n) is 8.42. The summed E-state index contributed by atoms with van der Waals surface area (Å²) >= 11 is 1.78. The second-order valence-corrected chi connectivity index (χ2v) is 9.48. The predicted molar refractivity (Wildman–Crippen MR) is 142 cm³/mol. The number of thiophene rings is 1. The zero-order valence-electron chi connectivity index (χ0n) is 19.7. The summed E-state index contributed by atoms with van der Waals surface area (Å²) in [6.45, 7) is 1.65. The molecule has 2 heterocycles. The first kappa shape index (κ1) is 22.5. The van der Waals surface area contributed by atoms with Gasteiger partial charge in [0, 0.05) is 39.2 Å². The summed E-state index contributed by atoms with van der Waals surface area (Å²) in [4.78, 5) is 5.85. The Morgan fingerprint density at radius 2 is 1.50 bits per heavy atom. The van der Waals surface area contributed by atoms with Gasteiger partial charge in [-0.05, 0) is 85.0 Å². The number of hydrogen-bond donors (Lipinski definition) is 0. The molecule has 4 nitrogen and oxygen atoms in total. The first-order valence-electron chi connectivity index (χ1n) is 11.8. The summed E-state index contributed by atoms with van der Waals surface area (Å²) in [5, 5.41) is 1.22. The third-order valence-corrected chi connectivity index (χ3v) is 7.46. The molecule has 0 fully saturated rings. The van der Waals surface area contributed by atoms with E-state index >= 15 is 0 Å². The summed E-state index contributed by atoms with van der Waals surface area (Å²) in [6, 6.07) is 23.0. The number of fused-ring (bicyclic) bond motifs is 1. The van der Waals surface area contributed by atoms with Gasteiger partial charge in [-0.15, -0.1) is 11.3 Å². The minimum absolute atomic E-state index is 0.677. The first-order valence-corrected chi connectivity index (χ1v) is 12.6. The molecule has 0 radical (unpaired) electrons. The summed E-state index contributed by atoms with van der Waals surface area (Å²) in [5.41, 5.74) is 4.87. The molecule has 5 rings (SSSR count). The van der Waals surface area contributed by atoms with Crippen LogP contribution in [-0.4, -0.2) is 33.1 Å². The van der Waals surface area contributed by atoms with Gasteiger partial charge in [0.05, 0.1) is 20.8 Å². The quantitative estimate of drug-likeness (QED) is 0.265. The summed E-state index contributed by atoms with van der Waals surface area (Å²) < 4.78 is 18.1. The number of rotatable bonds is 8. The van der Waals surface area contributed by atoms with Crippen LogP contribution in [0.25, 0.3) is 31.7 Å². The van der Waals surface area contributed by atoms with Crippen LogP contribution in [-0.2, 0) is 0 Å². The molecule has 1 aromatic heterocycles. The number of benzene rings is 3. The maximum Gasteiger partial charge on any atom is 0.120 e. The first-order chi connectivity index (χ1) is 16.7. The highest BCUT2D eigenvalue weighted by atomic mass is 32.1. The van der Waals surface area contributed by atoms with Crippen molar-refractivity contribution in [1.82, 2.24) is 0 Å². The molecule has 0 saturated heterocycles. The zero-order chi connectivity index (χ0) is 23.3. The van der Waals surface area contributed by atoms with Crippen LogP contribution in [0.1, 0.15) is 25.7 Å². The number of ether oxygens (including phenoxy) is 3. The molecule has 4 aromatic rings. The Kier molecular flexibility index (Phi) is 6.82. The lowest BCUT2D eigenvalue weighted by molar-refractivity contribution is 0.328. The minimum atomic E-state index is 0.677. The van der Waals surface area contributed by atoms with Crippen molar-refractivity contribution in [3.05, 3.63) is 66.7 Å². The maximum atomic E-state index is 6.03. The molecular formula is C29H29NO3S. The molecule has 1 aliphatic rings. The van der Waals surface area contributed by atoms with E-state index in [0.29, 0.717) is 6.61 Å². The highest BCUT2D eigenvalue weighted by Gasteiger charge is 2.17. The molecule has 0 N–H and O–H groups in total. The molecule has 1 aliphatic heterocycles. The molecule has 5 heteroatoms. The van der Waals surface area contributed by atoms with E-state index in [0.717, 1.165) is 36.6 Å². The van der Waals surface area contributed by atoms with Crippen molar-refractivity contribution in [1.29, 1.82) is 0 Å². The summed E-state index contributed by atoms with van der Waals surface area (Å²) in [7, 11) is 3.40. The van der Waals surface area contributed by atoms with E-state index in [2.05, 4.69) is 53.5 Å². The van der Waals surface area contributed by atoms with Gasteiger partial charge in [0.1, 0.15) is 17.2 Å². The zero-order valence-corrected chi connectivity index (χ0v) is 20.5. The highest BCUT2D eigenvalue weighted by Crippen LogP contribution is 2.46. The fourth-order valence-electron chi connectivity index (χ4n) is 4.40. The Morgan fingerprint density at radius 3 is 2.21 bits per heavy atom. The lowest BCUT2D eigenvalue weighted by atomic mass is 9.98. The van der Waals surface area contributed by atoms with Gasteiger partial charge >= 0.3 is 0 Å². The standard InChI is InChI=1S/C29H29NO3S/c1-31-23-10-8-21(9-11-23)29-28(26-15-14-25(32-2)19-27(26)34-29)20-6-12-24(13-7-20)33-18-16-22-5-3-4-17-30-22/h6-15,19H,3-5,16-18H2,1-2H3. The summed E-state index contributed by atoms with van der Waals surface area (Å²) in [6.07, 6.45) is 4.51. The number of aliphatic imine (C=N–C) groups is 1. The maximum absolute atomic E-state index is 6.03. The molecule has 0 atom stereocenters. The molecule has 174 valence electrons. The van der Waals surface area contributed by atoms with E-state index in [1.807, 2.05) is 18.2 Å². The van der Waals surface area contributed by atoms with Gasteiger partial charge < -0.3 is 14.2 Å². The molecule has 0 saturated carbocycles. The van der Waals surface area contributed by atoms with Crippen molar-refractivity contribution in [2.45, 2.75) is 25.7 Å². The van der Waals surface area contributed by atoms with Crippen LogP contribution in [0.3, 0.4) is 0 Å². The van der Waals surface area contributed by atoms with E-state index in [1.165, 1.54) is 50.2 Å². The fraction of sp³-hybridized carbons (Fsp3) is 0.276. The minimum Gasteiger partial charge on any atom is -0.497 e. The van der Waals surface area contributed by atoms with E-state index in [4.69, 9.17) is 14.2 Å². The molecular weight excluding hydrogens is 442 g/mol. The number of nitrogens with zero attached hydrogens (tertiary/aromatic N) is 1. The smallest absolute Gasteiger partial charge is 0.120 e. The average Bonchev–Trinajstić information content (AvgIpc) is 3.28. The van der Waals surface area contributed by atoms with E-state index < -0.39 is 0 Å². The third kappa shape index (κ3) is 4.80. The second kappa shape index (κ2) is 10.3. The van der Waals surface area contributed by atoms with Crippen LogP contribution in [0.15, 0.2) is 71.7 Å². The average molecular weight is 472 g/mol. The largest absolute Gasteiger partial charge is 0.497 e. The van der Waals surface area contributed by atoms with Crippen LogP contribution in [0.5, 0.6) is 17.2 Å². The van der Waals surface area contributed by atoms with Gasteiger partial charge in [-0.25, -0.2) is 0 Å². The van der Waals surface area contributed by atoms with Crippen molar-refractivity contribution in [2.24, 2.45) is 4.99 Å². The lowest BCUT2D eigenvalue weighted by Gasteiger charge is -2.13. The molecule has 0 bridgehead atoms. The van der Waals surface area contributed by atoms with Gasteiger partial charge in [-0.2, -0.15) is 0 Å². The van der Waals surface area contributed by atoms with Crippen LogP contribution in [0.4, 0.5) is 0 Å². The van der Waals surface area contributed by atoms with Crippen molar-refractivity contribution >= 4 is 27.1 Å². The molecule has 34 heavy (non-hydrogen) atoms. The SMILES string of the molecule is COc1ccc(-c2sc3cc(OC)ccc3c2-c2ccc(OCCC3=NCCCC3)cc2)cc1. The van der Waals surface area contributed by atoms with Crippen LogP contribution in [0, 0.1) is 0 Å². The van der Waals surface area contributed by atoms with Gasteiger partial charge in [0.2, 0.25) is 0 Å². The van der Waals surface area contributed by atoms with E-state index in [9.17, 15) is 0 Å². The molecule has 0 spiro atoms. The van der Waals surface area contributed by atoms with Crippen LogP contribution in [0.2, 0.25) is 0 Å². The Bertz CT molecular complexity index is 1290. The van der Waals surface area contributed by atoms with Gasteiger partial charge in [-0.1, -0.05) is 12.1 Å². The molecule has 0 amide bonds. The summed E-state index contributed by atoms with van der Waals surface area (Å²) in [5.74, 6) is 2.62. The highest BCUT2D eigenvalue weighted by molar-refractivity contribution is 7.23. The molecule has 3 aromatic carbocycles. The molecule has 0 unspecified atom stereocenters. The van der Waals surface area contributed by atoms with Crippen molar-refractivity contribution in [2.75, 3.05) is 27.4 Å². The Hall–Kier alpha value is -3.31. The Balaban J connectivity index is 1.44. The Morgan fingerprint density at radius 1 is 0.794 bits per heavy atom. The van der Waals surface area contributed by atoms with E-state index in [1.54, 1.807) is 25.6 Å². The van der Waals surface area contributed by atoms with Crippen molar-refractivity contribution < 1.29 is 14.2 Å². The normalized spacial score (nSPS) is 13.5. The lowest BCUT2D eigenvalue weighted by Crippen LogP contribution is -2.10. The number of methoxy groups -OCH3 is 2. The third-order valence-electron chi connectivity index (χ3n) is 6.26. The van der Waals surface area contributed by atoms with Crippen LogP contribution < -0.4 is 14.2 Å². The monoisotopic (exact) mass is 471 g/mol. The van der Waals surface area contributed by atoms with Gasteiger partial charge in [0.15, 0.2) is 0 Å². The van der Waals surface area contributed by atoms with Gasteiger partial charge in [-0.3, -0.25) is 4.99 Å². The molecule has 0 aliphatic carbocycles. The Labute approximate surface area is 204 Å². The predicted octanol–water partition coefficient (Wildman–Crippen LogP) is 7.65. The van der Waals surface area contributed by atoms with E-state index in [-0.39, 0.29) is 0 Å². The van der Waals surface area contributed by atoms with Gasteiger partial charge in [0.25, 0.3) is 0 Å². The number of hydrogen-bond acceptors (Lipinski definition) is 5.